The number of hydrogen-bond acceptors (Lipinski definition) is 1. The van der Waals surface area contributed by atoms with Crippen LogP contribution in [0.3, 0.4) is 0 Å². The lowest BCUT2D eigenvalue weighted by Gasteiger charge is -2.27. The molecule has 0 heterocycles. The maximum Gasteiger partial charge on any atom is 0.137 e. The van der Waals surface area contributed by atoms with Gasteiger partial charge in [-0.25, -0.2) is 4.39 Å². The van der Waals surface area contributed by atoms with E-state index in [-0.39, 0.29) is 5.82 Å². The van der Waals surface area contributed by atoms with E-state index in [9.17, 15) is 4.39 Å². The van der Waals surface area contributed by atoms with Gasteiger partial charge in [0.05, 0.1) is 4.47 Å². The molecule has 0 spiro atoms. The molecule has 0 saturated carbocycles. The quantitative estimate of drug-likeness (QED) is 0.871. The number of nitrogens with one attached hydrogen (secondary N) is 1. The minimum atomic E-state index is -0.211. The van der Waals surface area contributed by atoms with E-state index in [0.29, 0.717) is 15.8 Å². The summed E-state index contributed by atoms with van der Waals surface area (Å²) in [4.78, 5) is 0. The minimum Gasteiger partial charge on any atom is -0.312 e. The summed E-state index contributed by atoms with van der Waals surface area (Å²) in [5, 5.41) is 3.41. The summed E-state index contributed by atoms with van der Waals surface area (Å²) in [6.07, 6.45) is 0. The monoisotopic (exact) mass is 301 g/mol. The van der Waals surface area contributed by atoms with Crippen molar-refractivity contribution in [2.24, 2.45) is 11.3 Å². The highest BCUT2D eigenvalue weighted by atomic mass is 79.9. The van der Waals surface area contributed by atoms with Crippen LogP contribution in [0.25, 0.3) is 0 Å². The second-order valence-electron chi connectivity index (χ2n) is 5.65. The van der Waals surface area contributed by atoms with Crippen molar-refractivity contribution in [3.05, 3.63) is 34.1 Å². The van der Waals surface area contributed by atoms with Crippen molar-refractivity contribution >= 4 is 15.9 Å². The fraction of sp³-hybridized carbons (Fsp3) is 0.571. The van der Waals surface area contributed by atoms with Crippen molar-refractivity contribution in [3.63, 3.8) is 0 Å². The lowest BCUT2D eigenvalue weighted by Crippen LogP contribution is -2.29. The smallest absolute Gasteiger partial charge is 0.137 e. The van der Waals surface area contributed by atoms with E-state index in [1.807, 2.05) is 12.1 Å². The van der Waals surface area contributed by atoms with Crippen molar-refractivity contribution in [1.29, 1.82) is 0 Å². The van der Waals surface area contributed by atoms with Crippen LogP contribution in [-0.2, 0) is 6.54 Å². The lowest BCUT2D eigenvalue weighted by molar-refractivity contribution is 0.252. The fourth-order valence-corrected chi connectivity index (χ4v) is 1.81. The van der Waals surface area contributed by atoms with Crippen LogP contribution in [0.5, 0.6) is 0 Å². The maximum atomic E-state index is 13.0. The first-order valence-electron chi connectivity index (χ1n) is 5.95. The van der Waals surface area contributed by atoms with E-state index in [1.165, 1.54) is 6.07 Å². The number of rotatable bonds is 4. The molecule has 0 amide bonds. The lowest BCUT2D eigenvalue weighted by atomic mass is 9.82. The number of halogens is 2. The van der Waals surface area contributed by atoms with Gasteiger partial charge in [0.2, 0.25) is 0 Å². The molecule has 1 unspecified atom stereocenters. The number of hydrogen-bond donors (Lipinski definition) is 1. The van der Waals surface area contributed by atoms with Crippen LogP contribution in [0.15, 0.2) is 22.7 Å². The van der Waals surface area contributed by atoms with E-state index in [1.54, 1.807) is 0 Å². The SMILES string of the molecule is CC(CNCc1ccc(F)c(Br)c1)C(C)(C)C. The molecule has 1 N–H and O–H groups in total. The van der Waals surface area contributed by atoms with Crippen LogP contribution in [0.1, 0.15) is 33.3 Å². The summed E-state index contributed by atoms with van der Waals surface area (Å²) in [6.45, 7) is 10.7. The molecule has 0 fully saturated rings. The summed E-state index contributed by atoms with van der Waals surface area (Å²) in [5.41, 5.74) is 1.41. The van der Waals surface area contributed by atoms with Gasteiger partial charge in [-0.05, 0) is 51.5 Å². The first-order valence-corrected chi connectivity index (χ1v) is 6.74. The molecule has 0 aliphatic carbocycles. The molecule has 0 aromatic heterocycles. The molecule has 1 aromatic carbocycles. The Morgan fingerprint density at radius 2 is 2.00 bits per heavy atom. The topological polar surface area (TPSA) is 12.0 Å². The first kappa shape index (κ1) is 14.7. The van der Waals surface area contributed by atoms with Crippen LogP contribution in [0, 0.1) is 17.2 Å². The minimum absolute atomic E-state index is 0.211. The summed E-state index contributed by atoms with van der Waals surface area (Å²) in [7, 11) is 0. The van der Waals surface area contributed by atoms with E-state index < -0.39 is 0 Å². The standard InChI is InChI=1S/C14H21BrFN/c1-10(14(2,3)4)8-17-9-11-5-6-13(16)12(15)7-11/h5-7,10,17H,8-9H2,1-4H3. The Morgan fingerprint density at radius 1 is 1.35 bits per heavy atom. The Bertz CT molecular complexity index is 371. The largest absolute Gasteiger partial charge is 0.312 e. The molecule has 1 aromatic rings. The summed E-state index contributed by atoms with van der Waals surface area (Å²) < 4.78 is 13.6. The summed E-state index contributed by atoms with van der Waals surface area (Å²) in [5.74, 6) is 0.392. The highest BCUT2D eigenvalue weighted by Crippen LogP contribution is 2.24. The van der Waals surface area contributed by atoms with Gasteiger partial charge in [0, 0.05) is 6.54 Å². The van der Waals surface area contributed by atoms with Gasteiger partial charge >= 0.3 is 0 Å². The molecule has 1 nitrogen and oxygen atoms in total. The zero-order chi connectivity index (χ0) is 13.1. The van der Waals surface area contributed by atoms with Gasteiger partial charge < -0.3 is 5.32 Å². The Morgan fingerprint density at radius 3 is 2.53 bits per heavy atom. The number of benzene rings is 1. The molecule has 96 valence electrons. The average Bonchev–Trinajstić information content (AvgIpc) is 2.22. The molecule has 1 rings (SSSR count). The van der Waals surface area contributed by atoms with Gasteiger partial charge in [-0.2, -0.15) is 0 Å². The molecule has 0 aliphatic heterocycles. The Labute approximate surface area is 112 Å². The van der Waals surface area contributed by atoms with Gasteiger partial charge in [0.15, 0.2) is 0 Å². The third-order valence-electron chi connectivity index (χ3n) is 3.24. The zero-order valence-electron chi connectivity index (χ0n) is 11.0. The van der Waals surface area contributed by atoms with Gasteiger partial charge in [0.1, 0.15) is 5.82 Å². The maximum absolute atomic E-state index is 13.0. The van der Waals surface area contributed by atoms with E-state index in [0.717, 1.165) is 18.7 Å². The highest BCUT2D eigenvalue weighted by Gasteiger charge is 2.19. The van der Waals surface area contributed by atoms with Crippen molar-refractivity contribution in [2.75, 3.05) is 6.54 Å². The molecular formula is C14H21BrFN. The van der Waals surface area contributed by atoms with Gasteiger partial charge in [0.25, 0.3) is 0 Å². The molecule has 0 bridgehead atoms. The fourth-order valence-electron chi connectivity index (χ4n) is 1.39. The van der Waals surface area contributed by atoms with Crippen LogP contribution in [0.2, 0.25) is 0 Å². The Hall–Kier alpha value is -0.410. The molecule has 0 aliphatic rings. The second kappa shape index (κ2) is 5.96. The zero-order valence-corrected chi connectivity index (χ0v) is 12.6. The van der Waals surface area contributed by atoms with Crippen LogP contribution in [0.4, 0.5) is 4.39 Å². The van der Waals surface area contributed by atoms with Gasteiger partial charge in [-0.3, -0.25) is 0 Å². The molecular weight excluding hydrogens is 281 g/mol. The Kier molecular flexibility index (Phi) is 5.14. The van der Waals surface area contributed by atoms with Crippen molar-refractivity contribution < 1.29 is 4.39 Å². The first-order chi connectivity index (χ1) is 7.80. The summed E-state index contributed by atoms with van der Waals surface area (Å²) in [6, 6.07) is 5.13. The summed E-state index contributed by atoms with van der Waals surface area (Å²) >= 11 is 3.20. The van der Waals surface area contributed by atoms with Gasteiger partial charge in [-0.1, -0.05) is 33.8 Å². The highest BCUT2D eigenvalue weighted by molar-refractivity contribution is 9.10. The van der Waals surface area contributed by atoms with Crippen molar-refractivity contribution in [1.82, 2.24) is 5.32 Å². The Balaban J connectivity index is 2.44. The molecule has 17 heavy (non-hydrogen) atoms. The molecule has 0 saturated heterocycles. The second-order valence-corrected chi connectivity index (χ2v) is 6.50. The predicted octanol–water partition coefficient (Wildman–Crippen LogP) is 4.36. The average molecular weight is 302 g/mol. The van der Waals surface area contributed by atoms with Crippen LogP contribution in [-0.4, -0.2) is 6.54 Å². The van der Waals surface area contributed by atoms with Crippen LogP contribution < -0.4 is 5.32 Å². The van der Waals surface area contributed by atoms with Crippen molar-refractivity contribution in [2.45, 2.75) is 34.2 Å². The molecule has 0 radical (unpaired) electrons. The third-order valence-corrected chi connectivity index (χ3v) is 3.85. The van der Waals surface area contributed by atoms with E-state index >= 15 is 0 Å². The van der Waals surface area contributed by atoms with E-state index in [2.05, 4.69) is 48.9 Å². The van der Waals surface area contributed by atoms with Crippen LogP contribution >= 0.6 is 15.9 Å². The van der Waals surface area contributed by atoms with Crippen molar-refractivity contribution in [3.8, 4) is 0 Å². The predicted molar refractivity (Wildman–Crippen MR) is 74.4 cm³/mol. The normalized spacial score (nSPS) is 13.8. The molecule has 3 heteroatoms. The van der Waals surface area contributed by atoms with E-state index in [4.69, 9.17) is 0 Å². The molecule has 1 atom stereocenters. The third kappa shape index (κ3) is 4.76. The van der Waals surface area contributed by atoms with Gasteiger partial charge in [-0.15, -0.1) is 0 Å².